The van der Waals surface area contributed by atoms with Crippen LogP contribution in [0.4, 0.5) is 0 Å². The van der Waals surface area contributed by atoms with Crippen LogP contribution < -0.4 is 0 Å². The molecule has 15 heteroatoms. The average Bonchev–Trinajstić information content (AvgIpc) is 2.84. The summed E-state index contributed by atoms with van der Waals surface area (Å²) in [5, 5.41) is 78.0. The zero-order valence-electron chi connectivity index (χ0n) is 13.3. The van der Waals surface area contributed by atoms with Gasteiger partial charge in [-0.3, -0.25) is 0 Å². The molecule has 0 unspecified atom stereocenters. The van der Waals surface area contributed by atoms with E-state index in [0.29, 0.717) is 0 Å². The number of hydrogen-bond acceptors (Lipinski definition) is 12. The number of nitrogens with zero attached hydrogens (tertiary/aromatic N) is 12. The van der Waals surface area contributed by atoms with E-state index in [9.17, 15) is 0 Å². The van der Waals surface area contributed by atoms with Gasteiger partial charge in [-0.05, 0) is 0 Å². The van der Waals surface area contributed by atoms with E-state index in [1.165, 1.54) is 0 Å². The Hall–Kier alpha value is -4.56. The van der Waals surface area contributed by atoms with Gasteiger partial charge in [-0.15, -0.1) is 0 Å². The minimum Gasteiger partial charge on any atom is -0.202 e. The van der Waals surface area contributed by atoms with Crippen molar-refractivity contribution in [2.75, 3.05) is 0 Å². The molecule has 0 amide bonds. The SMILES string of the molecule is C#N.C#N.C#N.C#N.C#N.C#N.C#N.C#N.C#N.C#N.C#N.C#N.[Cu].[Fe].[Fe]. The zero-order chi connectivity index (χ0) is 24.0. The molecule has 0 bridgehead atoms. The molecule has 12 nitrogen and oxygen atoms in total. The third-order valence-corrected chi connectivity index (χ3v) is 0. The molecule has 0 saturated carbocycles. The van der Waals surface area contributed by atoms with Crippen molar-refractivity contribution in [3.8, 4) is 78.9 Å². The van der Waals surface area contributed by atoms with Crippen molar-refractivity contribution in [3.05, 3.63) is 0 Å². The normalized spacial score (nSPS) is 0.889. The van der Waals surface area contributed by atoms with Crippen LogP contribution in [0, 0.1) is 142 Å². The number of nitriles is 12. The van der Waals surface area contributed by atoms with Crippen molar-refractivity contribution in [2.45, 2.75) is 0 Å². The van der Waals surface area contributed by atoms with E-state index in [2.05, 4.69) is 78.9 Å². The predicted molar refractivity (Wildman–Crippen MR) is 80.0 cm³/mol. The molecule has 0 fully saturated rings. The van der Waals surface area contributed by atoms with E-state index in [1.807, 2.05) is 0 Å². The van der Waals surface area contributed by atoms with Gasteiger partial charge in [0.2, 0.25) is 0 Å². The Balaban J connectivity index is -0.00000000443. The molecule has 27 heavy (non-hydrogen) atoms. The first-order chi connectivity index (χ1) is 12.0. The van der Waals surface area contributed by atoms with Crippen LogP contribution >= 0.6 is 0 Å². The van der Waals surface area contributed by atoms with E-state index < -0.39 is 0 Å². The molecule has 0 rings (SSSR count). The quantitative estimate of drug-likeness (QED) is 0.430. The molecule has 0 aliphatic rings. The van der Waals surface area contributed by atoms with Crippen LogP contribution in [-0.2, 0) is 51.2 Å². The Morgan fingerprint density at radius 1 is 0.185 bits per heavy atom. The molecule has 0 spiro atoms. The van der Waals surface area contributed by atoms with Crippen LogP contribution in [0.3, 0.4) is 0 Å². The van der Waals surface area contributed by atoms with Crippen LogP contribution in [0.25, 0.3) is 0 Å². The first-order valence-electron chi connectivity index (χ1n) is 3.10. The molecule has 147 valence electrons. The molecule has 1 radical (unpaired) electrons. The summed E-state index contributed by atoms with van der Waals surface area (Å²) >= 11 is 0. The van der Waals surface area contributed by atoms with Gasteiger partial charge >= 0.3 is 0 Å². The second kappa shape index (κ2) is 430. The molecule has 0 aromatic heterocycles. The topological polar surface area (TPSA) is 285 Å². The fourth-order valence-corrected chi connectivity index (χ4v) is 0. The van der Waals surface area contributed by atoms with Gasteiger partial charge in [-0.25, -0.2) is 63.1 Å². The maximum Gasteiger partial charge on any atom is 0.0462 e. The van der Waals surface area contributed by atoms with Crippen LogP contribution in [0.1, 0.15) is 0 Å². The van der Waals surface area contributed by atoms with E-state index in [1.54, 1.807) is 0 Å². The molecule has 0 heterocycles. The molecule has 0 saturated heterocycles. The summed E-state index contributed by atoms with van der Waals surface area (Å²) in [6, 6.07) is 0. The smallest absolute Gasteiger partial charge is 0.0462 e. The molecule has 0 N–H and O–H groups in total. The Morgan fingerprint density at radius 3 is 0.185 bits per heavy atom. The van der Waals surface area contributed by atoms with Crippen LogP contribution in [0.15, 0.2) is 0 Å². The third kappa shape index (κ3) is 389. The summed E-state index contributed by atoms with van der Waals surface area (Å²) in [5.41, 5.74) is 0. The Labute approximate surface area is 192 Å². The van der Waals surface area contributed by atoms with Gasteiger partial charge in [-0.1, -0.05) is 0 Å². The van der Waals surface area contributed by atoms with Crippen LogP contribution in [-0.4, -0.2) is 0 Å². The number of hydrogen-bond donors (Lipinski definition) is 0. The van der Waals surface area contributed by atoms with Crippen molar-refractivity contribution in [2.24, 2.45) is 0 Å². The fourth-order valence-electron chi connectivity index (χ4n) is 0. The molecule has 0 aromatic rings. The van der Waals surface area contributed by atoms with Gasteiger partial charge in [0.15, 0.2) is 0 Å². The van der Waals surface area contributed by atoms with E-state index in [4.69, 9.17) is 63.1 Å². The van der Waals surface area contributed by atoms with Crippen molar-refractivity contribution < 1.29 is 51.2 Å². The molecule has 0 aliphatic carbocycles. The predicted octanol–water partition coefficient (Wildman–Crippen LogP) is 1.67. The minimum atomic E-state index is 0. The average molecular weight is 500 g/mol. The standard InChI is InChI=1S/12CHN.Cu.2Fe/c12*1-2;;;/h12*1H;;;. The van der Waals surface area contributed by atoms with Crippen LogP contribution in [0.2, 0.25) is 0 Å². The van der Waals surface area contributed by atoms with Gasteiger partial charge in [0.1, 0.15) is 0 Å². The molecular weight excluding hydrogens is 487 g/mol. The molecule has 0 atom stereocenters. The van der Waals surface area contributed by atoms with Gasteiger partial charge in [0.25, 0.3) is 0 Å². The third-order valence-electron chi connectivity index (χ3n) is 0. The summed E-state index contributed by atoms with van der Waals surface area (Å²) < 4.78 is 0. The molecule has 0 aliphatic heterocycles. The van der Waals surface area contributed by atoms with Crippen molar-refractivity contribution >= 4 is 0 Å². The Kier molecular flexibility index (Phi) is 2970. The summed E-state index contributed by atoms with van der Waals surface area (Å²) in [6.07, 6.45) is 0. The summed E-state index contributed by atoms with van der Waals surface area (Å²) in [5.74, 6) is 0. The first-order valence-corrected chi connectivity index (χ1v) is 3.10. The summed E-state index contributed by atoms with van der Waals surface area (Å²) in [7, 11) is 0. The van der Waals surface area contributed by atoms with E-state index >= 15 is 0 Å². The fraction of sp³-hybridized carbons (Fsp3) is 0. The van der Waals surface area contributed by atoms with Crippen LogP contribution in [0.5, 0.6) is 0 Å². The summed E-state index contributed by atoms with van der Waals surface area (Å²) in [6.45, 7) is 42.0. The Morgan fingerprint density at radius 2 is 0.185 bits per heavy atom. The van der Waals surface area contributed by atoms with Gasteiger partial charge in [0, 0.05) is 130 Å². The first kappa shape index (κ1) is 186. The minimum absolute atomic E-state index is 0. The van der Waals surface area contributed by atoms with Crippen molar-refractivity contribution in [1.82, 2.24) is 0 Å². The monoisotopic (exact) mass is 499 g/mol. The van der Waals surface area contributed by atoms with E-state index in [-0.39, 0.29) is 51.2 Å². The molecule has 0 aromatic carbocycles. The summed E-state index contributed by atoms with van der Waals surface area (Å²) in [4.78, 5) is 0. The zero-order valence-corrected chi connectivity index (χ0v) is 16.5. The van der Waals surface area contributed by atoms with Crippen molar-refractivity contribution in [3.63, 3.8) is 0 Å². The molecular formula is C12H12CuFe2N12. The maximum absolute atomic E-state index is 6.50. The Bertz CT molecular complexity index is 226. The van der Waals surface area contributed by atoms with Gasteiger partial charge in [-0.2, -0.15) is 0 Å². The second-order valence-corrected chi connectivity index (χ2v) is 0. The maximum atomic E-state index is 6.50. The van der Waals surface area contributed by atoms with Gasteiger partial charge < -0.3 is 0 Å². The van der Waals surface area contributed by atoms with Gasteiger partial charge in [0.05, 0.1) is 0 Å². The number of rotatable bonds is 0. The second-order valence-electron chi connectivity index (χ2n) is 0. The largest absolute Gasteiger partial charge is 0.202 e. The van der Waals surface area contributed by atoms with E-state index in [0.717, 1.165) is 0 Å². The van der Waals surface area contributed by atoms with Crippen molar-refractivity contribution in [1.29, 1.82) is 63.1 Å².